The van der Waals surface area contributed by atoms with Gasteiger partial charge in [0.2, 0.25) is 0 Å². The van der Waals surface area contributed by atoms with E-state index >= 15 is 0 Å². The molecule has 2 aromatic heterocycles. The van der Waals surface area contributed by atoms with Crippen molar-refractivity contribution in [2.24, 2.45) is 5.14 Å². The van der Waals surface area contributed by atoms with E-state index in [-0.39, 0.29) is 5.82 Å². The number of aryl methyl sites for hydroxylation is 1. The Labute approximate surface area is 212 Å². The van der Waals surface area contributed by atoms with Gasteiger partial charge < -0.3 is 34.9 Å². The first-order valence-electron chi connectivity index (χ1n) is 11.3. The molecule has 1 saturated heterocycles. The van der Waals surface area contributed by atoms with Crippen molar-refractivity contribution in [3.05, 3.63) is 41.3 Å². The standard InChI is InChI=1S/C23H26N6O7S/c1-12-3-6-15-20(34-8-7-28(15)2)14(12)5-4-13-9-29(22-17(13)21(24)26-11-27-22)23-19(31)18(30)16(36-23)10-35-37(25,32)33/h3,6,9,11,16,18-19,23,30-31H,7-8,10H2,1-2H3,(H2,24,26,27)(H2,25,32,33)/t16-,18+,19+,23+/m0/s1. The van der Waals surface area contributed by atoms with E-state index in [9.17, 15) is 18.6 Å². The highest BCUT2D eigenvalue weighted by atomic mass is 32.2. The van der Waals surface area contributed by atoms with E-state index in [1.54, 1.807) is 6.20 Å². The summed E-state index contributed by atoms with van der Waals surface area (Å²) in [6, 6.07) is 3.97. The lowest BCUT2D eigenvalue weighted by Gasteiger charge is -2.28. The lowest BCUT2D eigenvalue weighted by atomic mass is 10.0. The van der Waals surface area contributed by atoms with E-state index < -0.39 is 41.5 Å². The van der Waals surface area contributed by atoms with E-state index in [1.165, 1.54) is 10.9 Å². The van der Waals surface area contributed by atoms with Gasteiger partial charge >= 0.3 is 10.3 Å². The summed E-state index contributed by atoms with van der Waals surface area (Å²) in [7, 11) is -2.28. The third-order valence-corrected chi connectivity index (χ3v) is 6.86. The largest absolute Gasteiger partial charge is 0.488 e. The summed E-state index contributed by atoms with van der Waals surface area (Å²) in [5.41, 5.74) is 9.54. The van der Waals surface area contributed by atoms with Gasteiger partial charge in [0, 0.05) is 13.2 Å². The number of aliphatic hydroxyl groups excluding tert-OH is 2. The Balaban J connectivity index is 1.55. The number of aromatic nitrogens is 3. The monoisotopic (exact) mass is 530 g/mol. The number of rotatable bonds is 4. The van der Waals surface area contributed by atoms with Crippen LogP contribution >= 0.6 is 0 Å². The second kappa shape index (κ2) is 9.45. The smallest absolute Gasteiger partial charge is 0.333 e. The average Bonchev–Trinajstić information content (AvgIpc) is 3.35. The number of likely N-dealkylation sites (N-methyl/N-ethyl adjacent to an activating group) is 1. The number of aliphatic hydroxyl groups is 2. The van der Waals surface area contributed by atoms with Crippen LogP contribution in [0.2, 0.25) is 0 Å². The van der Waals surface area contributed by atoms with Crippen molar-refractivity contribution in [2.45, 2.75) is 31.5 Å². The fourth-order valence-corrected chi connectivity index (χ4v) is 4.79. The quantitative estimate of drug-likeness (QED) is 0.315. The van der Waals surface area contributed by atoms with E-state index in [1.807, 2.05) is 26.1 Å². The van der Waals surface area contributed by atoms with E-state index in [0.29, 0.717) is 29.0 Å². The molecule has 0 aliphatic carbocycles. The van der Waals surface area contributed by atoms with Crippen molar-refractivity contribution in [3.63, 3.8) is 0 Å². The number of anilines is 2. The Morgan fingerprint density at radius 3 is 2.78 bits per heavy atom. The normalized spacial score (nSPS) is 23.4. The highest BCUT2D eigenvalue weighted by Gasteiger charge is 2.45. The first-order chi connectivity index (χ1) is 17.5. The fourth-order valence-electron chi connectivity index (χ4n) is 4.46. The van der Waals surface area contributed by atoms with Crippen molar-refractivity contribution in [1.29, 1.82) is 0 Å². The van der Waals surface area contributed by atoms with Crippen LogP contribution in [-0.2, 0) is 19.2 Å². The molecule has 2 aliphatic rings. The van der Waals surface area contributed by atoms with Crippen molar-refractivity contribution in [2.75, 3.05) is 37.4 Å². The zero-order chi connectivity index (χ0) is 26.5. The zero-order valence-corrected chi connectivity index (χ0v) is 20.8. The molecule has 1 fully saturated rings. The van der Waals surface area contributed by atoms with Gasteiger partial charge in [-0.15, -0.1) is 0 Å². The minimum absolute atomic E-state index is 0.165. The summed E-state index contributed by atoms with van der Waals surface area (Å²) < 4.78 is 40.0. The molecule has 14 heteroatoms. The number of ether oxygens (including phenoxy) is 2. The minimum Gasteiger partial charge on any atom is -0.488 e. The molecule has 0 bridgehead atoms. The Hall–Kier alpha value is -3.45. The van der Waals surface area contributed by atoms with Crippen LogP contribution in [0.5, 0.6) is 5.75 Å². The lowest BCUT2D eigenvalue weighted by molar-refractivity contribution is -0.0464. The zero-order valence-electron chi connectivity index (χ0n) is 20.0. The van der Waals surface area contributed by atoms with Crippen molar-refractivity contribution in [3.8, 4) is 17.6 Å². The van der Waals surface area contributed by atoms with Crippen LogP contribution < -0.4 is 20.5 Å². The topological polar surface area (TPSA) is 188 Å². The summed E-state index contributed by atoms with van der Waals surface area (Å²) in [4.78, 5) is 10.4. The van der Waals surface area contributed by atoms with Gasteiger partial charge in [-0.25, -0.2) is 15.1 Å². The summed E-state index contributed by atoms with van der Waals surface area (Å²) in [5.74, 6) is 7.18. The van der Waals surface area contributed by atoms with Crippen molar-refractivity contribution >= 4 is 32.8 Å². The number of fused-ring (bicyclic) bond motifs is 2. The maximum Gasteiger partial charge on any atom is 0.333 e. The van der Waals surface area contributed by atoms with Gasteiger partial charge in [0.05, 0.1) is 35.4 Å². The van der Waals surface area contributed by atoms with Gasteiger partial charge in [-0.05, 0) is 18.6 Å². The Kier molecular flexibility index (Phi) is 6.44. The third-order valence-electron chi connectivity index (χ3n) is 6.40. The predicted molar refractivity (Wildman–Crippen MR) is 133 cm³/mol. The lowest BCUT2D eigenvalue weighted by Crippen LogP contribution is -2.35. The van der Waals surface area contributed by atoms with Gasteiger partial charge in [0.15, 0.2) is 12.0 Å². The maximum atomic E-state index is 11.2. The highest BCUT2D eigenvalue weighted by Crippen LogP contribution is 2.37. The van der Waals surface area contributed by atoms with Crippen molar-refractivity contribution in [1.82, 2.24) is 14.5 Å². The predicted octanol–water partition coefficient (Wildman–Crippen LogP) is -0.610. The molecule has 3 aromatic rings. The Morgan fingerprint density at radius 1 is 1.24 bits per heavy atom. The number of benzene rings is 1. The molecule has 0 saturated carbocycles. The van der Waals surface area contributed by atoms with Gasteiger partial charge in [-0.1, -0.05) is 17.9 Å². The number of hydrogen-bond acceptors (Lipinski definition) is 11. The molecular weight excluding hydrogens is 504 g/mol. The van der Waals surface area contributed by atoms with Crippen LogP contribution in [0.25, 0.3) is 11.0 Å². The molecule has 37 heavy (non-hydrogen) atoms. The number of nitrogens with two attached hydrogens (primary N) is 2. The van der Waals surface area contributed by atoms with Crippen LogP contribution in [0.1, 0.15) is 22.9 Å². The van der Waals surface area contributed by atoms with Gasteiger partial charge in [0.25, 0.3) is 0 Å². The van der Waals surface area contributed by atoms with Crippen LogP contribution in [0, 0.1) is 18.8 Å². The maximum absolute atomic E-state index is 11.2. The summed E-state index contributed by atoms with van der Waals surface area (Å²) in [5, 5.41) is 26.4. The number of nitrogens with zero attached hydrogens (tertiary/aromatic N) is 4. The van der Waals surface area contributed by atoms with Gasteiger partial charge in [-0.3, -0.25) is 4.18 Å². The minimum atomic E-state index is -4.27. The molecule has 0 spiro atoms. The van der Waals surface area contributed by atoms with Crippen LogP contribution in [0.4, 0.5) is 11.5 Å². The molecule has 0 unspecified atom stereocenters. The molecule has 13 nitrogen and oxygen atoms in total. The number of nitrogen functional groups attached to an aromatic ring is 1. The van der Waals surface area contributed by atoms with Gasteiger partial charge in [0.1, 0.15) is 42.7 Å². The van der Waals surface area contributed by atoms with E-state index in [4.69, 9.17) is 20.3 Å². The summed E-state index contributed by atoms with van der Waals surface area (Å²) in [6.07, 6.45) is -2.35. The molecule has 4 heterocycles. The molecule has 2 aliphatic heterocycles. The van der Waals surface area contributed by atoms with E-state index in [2.05, 4.69) is 30.9 Å². The summed E-state index contributed by atoms with van der Waals surface area (Å²) in [6.45, 7) is 2.67. The molecule has 4 atom stereocenters. The second-order valence-corrected chi connectivity index (χ2v) is 10.1. The molecule has 6 N–H and O–H groups in total. The van der Waals surface area contributed by atoms with Crippen LogP contribution in [0.15, 0.2) is 24.7 Å². The van der Waals surface area contributed by atoms with Gasteiger partial charge in [-0.2, -0.15) is 8.42 Å². The molecule has 0 amide bonds. The van der Waals surface area contributed by atoms with Crippen LogP contribution in [-0.4, -0.2) is 78.3 Å². The molecule has 5 rings (SSSR count). The third kappa shape index (κ3) is 4.68. The molecule has 196 valence electrons. The fraction of sp³-hybridized carbons (Fsp3) is 0.391. The summed E-state index contributed by atoms with van der Waals surface area (Å²) >= 11 is 0. The Morgan fingerprint density at radius 2 is 2.03 bits per heavy atom. The SMILES string of the molecule is Cc1ccc2c(c1C#Cc1cn([C@@H]3O[C@@H](COS(N)(=O)=O)[C@@H](O)[C@H]3O)c3ncnc(N)c13)OCCN2C. The Bertz CT molecular complexity index is 1530. The highest BCUT2D eigenvalue weighted by molar-refractivity contribution is 7.84. The van der Waals surface area contributed by atoms with E-state index in [0.717, 1.165) is 23.4 Å². The first-order valence-corrected chi connectivity index (χ1v) is 12.8. The molecule has 1 aromatic carbocycles. The molecular formula is C23H26N6O7S. The first kappa shape index (κ1) is 25.2. The molecule has 0 radical (unpaired) electrons. The van der Waals surface area contributed by atoms with Crippen LogP contribution in [0.3, 0.4) is 0 Å². The number of hydrogen-bond donors (Lipinski definition) is 4. The average molecular weight is 531 g/mol. The second-order valence-electron chi connectivity index (χ2n) is 8.86. The van der Waals surface area contributed by atoms with Crippen molar-refractivity contribution < 1.29 is 32.3 Å².